The number of nitrogens with zero attached hydrogens (tertiary/aromatic N) is 1. The van der Waals surface area contributed by atoms with E-state index in [1.807, 2.05) is 37.3 Å². The Bertz CT molecular complexity index is 960. The fourth-order valence-electron chi connectivity index (χ4n) is 4.24. The quantitative estimate of drug-likeness (QED) is 0.768. The molecule has 0 bridgehead atoms. The molecule has 29 heavy (non-hydrogen) atoms. The molecule has 0 unspecified atom stereocenters. The summed E-state index contributed by atoms with van der Waals surface area (Å²) in [5.41, 5.74) is 2.87. The first-order chi connectivity index (χ1) is 13.9. The van der Waals surface area contributed by atoms with E-state index in [1.165, 1.54) is 0 Å². The van der Waals surface area contributed by atoms with Gasteiger partial charge in [-0.15, -0.1) is 0 Å². The SMILES string of the molecule is CCCNC(=O)N1c2ccccc2NC2=C(C(=O)CC(C)(C)C2)[C@H]1c1ccco1. The van der Waals surface area contributed by atoms with Crippen LogP contribution in [0.3, 0.4) is 0 Å². The number of urea groups is 1. The highest BCUT2D eigenvalue weighted by Crippen LogP contribution is 2.48. The van der Waals surface area contributed by atoms with Crippen molar-refractivity contribution in [3.8, 4) is 0 Å². The summed E-state index contributed by atoms with van der Waals surface area (Å²) in [5.74, 6) is 0.627. The van der Waals surface area contributed by atoms with E-state index in [2.05, 4.69) is 24.5 Å². The van der Waals surface area contributed by atoms with E-state index in [0.29, 0.717) is 24.3 Å². The molecule has 1 aliphatic carbocycles. The Morgan fingerprint density at radius 3 is 2.76 bits per heavy atom. The van der Waals surface area contributed by atoms with Crippen molar-refractivity contribution in [3.05, 3.63) is 59.7 Å². The van der Waals surface area contributed by atoms with Crippen LogP contribution in [0.4, 0.5) is 16.2 Å². The number of anilines is 2. The Morgan fingerprint density at radius 2 is 2.03 bits per heavy atom. The molecule has 2 aromatic rings. The fourth-order valence-corrected chi connectivity index (χ4v) is 4.24. The number of carbonyl (C=O) groups is 2. The highest BCUT2D eigenvalue weighted by Gasteiger charge is 2.44. The molecule has 1 aromatic heterocycles. The van der Waals surface area contributed by atoms with E-state index in [1.54, 1.807) is 17.2 Å². The summed E-state index contributed by atoms with van der Waals surface area (Å²) in [7, 11) is 0. The Kier molecular flexibility index (Phi) is 4.94. The van der Waals surface area contributed by atoms with Crippen LogP contribution in [0.1, 0.15) is 51.8 Å². The first-order valence-electron chi connectivity index (χ1n) is 10.1. The monoisotopic (exact) mass is 393 g/mol. The molecule has 2 N–H and O–H groups in total. The normalized spacial score (nSPS) is 20.4. The van der Waals surface area contributed by atoms with Crippen molar-refractivity contribution in [1.29, 1.82) is 0 Å². The van der Waals surface area contributed by atoms with Gasteiger partial charge in [-0.3, -0.25) is 9.69 Å². The molecule has 4 rings (SSSR count). The van der Waals surface area contributed by atoms with Crippen LogP contribution in [0, 0.1) is 5.41 Å². The summed E-state index contributed by atoms with van der Waals surface area (Å²) >= 11 is 0. The van der Waals surface area contributed by atoms with Gasteiger partial charge in [-0.25, -0.2) is 4.79 Å². The Morgan fingerprint density at radius 1 is 1.24 bits per heavy atom. The summed E-state index contributed by atoms with van der Waals surface area (Å²) in [6.45, 7) is 6.76. The molecule has 152 valence electrons. The van der Waals surface area contributed by atoms with Crippen LogP contribution in [-0.2, 0) is 4.79 Å². The van der Waals surface area contributed by atoms with Gasteiger partial charge in [0.2, 0.25) is 0 Å². The molecular weight excluding hydrogens is 366 g/mol. The predicted octanol–water partition coefficient (Wildman–Crippen LogP) is 5.02. The molecule has 1 atom stereocenters. The molecule has 2 amide bonds. The molecule has 0 saturated heterocycles. The minimum Gasteiger partial charge on any atom is -0.467 e. The van der Waals surface area contributed by atoms with Gasteiger partial charge in [-0.1, -0.05) is 32.9 Å². The molecule has 0 saturated carbocycles. The number of hydrogen-bond donors (Lipinski definition) is 2. The third-order valence-corrected chi connectivity index (χ3v) is 5.46. The van der Waals surface area contributed by atoms with Crippen molar-refractivity contribution < 1.29 is 14.0 Å². The van der Waals surface area contributed by atoms with Crippen molar-refractivity contribution in [1.82, 2.24) is 5.32 Å². The van der Waals surface area contributed by atoms with Crippen LogP contribution in [0.5, 0.6) is 0 Å². The Balaban J connectivity index is 1.94. The average Bonchev–Trinajstić information content (AvgIpc) is 3.15. The van der Waals surface area contributed by atoms with E-state index in [0.717, 1.165) is 29.9 Å². The summed E-state index contributed by atoms with van der Waals surface area (Å²) in [5, 5.41) is 6.45. The lowest BCUT2D eigenvalue weighted by atomic mass is 9.74. The second-order valence-corrected chi connectivity index (χ2v) is 8.50. The molecule has 1 aromatic carbocycles. The molecule has 0 radical (unpaired) electrons. The number of hydrogen-bond acceptors (Lipinski definition) is 4. The van der Waals surface area contributed by atoms with E-state index < -0.39 is 6.04 Å². The highest BCUT2D eigenvalue weighted by atomic mass is 16.3. The van der Waals surface area contributed by atoms with Gasteiger partial charge in [0.25, 0.3) is 0 Å². The second kappa shape index (κ2) is 7.43. The van der Waals surface area contributed by atoms with Gasteiger partial charge in [-0.05, 0) is 42.5 Å². The molecule has 2 aliphatic rings. The lowest BCUT2D eigenvalue weighted by Gasteiger charge is -2.36. The maximum Gasteiger partial charge on any atom is 0.322 e. The van der Waals surface area contributed by atoms with E-state index in [-0.39, 0.29) is 17.2 Å². The third kappa shape index (κ3) is 3.55. The van der Waals surface area contributed by atoms with Gasteiger partial charge in [0.05, 0.1) is 17.6 Å². The third-order valence-electron chi connectivity index (χ3n) is 5.46. The second-order valence-electron chi connectivity index (χ2n) is 8.50. The van der Waals surface area contributed by atoms with Crippen LogP contribution in [-0.4, -0.2) is 18.4 Å². The molecule has 6 heteroatoms. The first kappa shape index (κ1) is 19.3. The van der Waals surface area contributed by atoms with Crippen LogP contribution in [0.2, 0.25) is 0 Å². The molecule has 0 spiro atoms. The van der Waals surface area contributed by atoms with Crippen LogP contribution < -0.4 is 15.5 Å². The first-order valence-corrected chi connectivity index (χ1v) is 10.1. The molecule has 2 heterocycles. The van der Waals surface area contributed by atoms with Gasteiger partial charge in [0.15, 0.2) is 5.78 Å². The van der Waals surface area contributed by atoms with E-state index in [4.69, 9.17) is 4.42 Å². The number of rotatable bonds is 3. The van der Waals surface area contributed by atoms with Gasteiger partial charge in [0.1, 0.15) is 11.8 Å². The number of benzene rings is 1. The van der Waals surface area contributed by atoms with Gasteiger partial charge < -0.3 is 15.1 Å². The molecule has 0 fully saturated rings. The number of para-hydroxylation sites is 2. The van der Waals surface area contributed by atoms with E-state index >= 15 is 0 Å². The number of carbonyl (C=O) groups excluding carboxylic acids is 2. The Hall–Kier alpha value is -3.02. The zero-order valence-electron chi connectivity index (χ0n) is 17.1. The van der Waals surface area contributed by atoms with Crippen molar-refractivity contribution in [2.45, 2.75) is 46.1 Å². The number of Topliss-reactive ketones (excluding diaryl/α,β-unsaturated/α-hetero) is 1. The van der Waals surface area contributed by atoms with E-state index in [9.17, 15) is 9.59 Å². The Labute approximate surface area is 171 Å². The minimum absolute atomic E-state index is 0.0475. The summed E-state index contributed by atoms with van der Waals surface area (Å²) in [4.78, 5) is 28.3. The zero-order chi connectivity index (χ0) is 20.6. The van der Waals surface area contributed by atoms with Crippen LogP contribution in [0.25, 0.3) is 0 Å². The van der Waals surface area contributed by atoms with Crippen molar-refractivity contribution in [2.24, 2.45) is 5.41 Å². The number of furan rings is 1. The lowest BCUT2D eigenvalue weighted by molar-refractivity contribution is -0.118. The minimum atomic E-state index is -0.614. The number of ketones is 1. The van der Waals surface area contributed by atoms with Gasteiger partial charge >= 0.3 is 6.03 Å². The standard InChI is InChI=1S/C23H27N3O3/c1-4-11-24-22(28)26-17-9-6-5-8-15(17)25-16-13-23(2,3)14-18(27)20(16)21(26)19-10-7-12-29-19/h5-10,12,21,25H,4,11,13-14H2,1-3H3,(H,24,28)/t21-/m1/s1. The summed E-state index contributed by atoms with van der Waals surface area (Å²) < 4.78 is 5.74. The number of allylic oxidation sites excluding steroid dienone is 1. The van der Waals surface area contributed by atoms with Gasteiger partial charge in [-0.2, -0.15) is 0 Å². The van der Waals surface area contributed by atoms with Crippen LogP contribution >= 0.6 is 0 Å². The topological polar surface area (TPSA) is 74.6 Å². The average molecular weight is 393 g/mol. The van der Waals surface area contributed by atoms with Crippen LogP contribution in [0.15, 0.2) is 58.3 Å². The van der Waals surface area contributed by atoms with Crippen molar-refractivity contribution in [3.63, 3.8) is 0 Å². The lowest BCUT2D eigenvalue weighted by Crippen LogP contribution is -2.44. The highest BCUT2D eigenvalue weighted by molar-refractivity contribution is 6.05. The molecule has 1 aliphatic heterocycles. The number of nitrogens with one attached hydrogen (secondary N) is 2. The molecular formula is C23H27N3O3. The van der Waals surface area contributed by atoms with Crippen molar-refractivity contribution in [2.75, 3.05) is 16.8 Å². The number of amides is 2. The number of fused-ring (bicyclic) bond motifs is 1. The predicted molar refractivity (Wildman–Crippen MR) is 113 cm³/mol. The maximum atomic E-state index is 13.3. The van der Waals surface area contributed by atoms with Crippen molar-refractivity contribution >= 4 is 23.2 Å². The fraction of sp³-hybridized carbons (Fsp3) is 0.391. The summed E-state index contributed by atoms with van der Waals surface area (Å²) in [6, 6.07) is 10.4. The zero-order valence-corrected chi connectivity index (χ0v) is 17.1. The molecule has 6 nitrogen and oxygen atoms in total. The maximum absolute atomic E-state index is 13.3. The smallest absolute Gasteiger partial charge is 0.322 e. The van der Waals surface area contributed by atoms with Gasteiger partial charge in [0, 0.05) is 24.2 Å². The largest absolute Gasteiger partial charge is 0.467 e. The summed E-state index contributed by atoms with van der Waals surface area (Å²) in [6.07, 6.45) is 3.57.